The Morgan fingerprint density at radius 3 is 2.48 bits per heavy atom. The molecule has 146 valence electrons. The van der Waals surface area contributed by atoms with Crippen LogP contribution in [0.3, 0.4) is 0 Å². The number of phenolic OH excluding ortho intramolecular Hbond substituents is 1. The van der Waals surface area contributed by atoms with Crippen LogP contribution in [0.25, 0.3) is 10.8 Å². The van der Waals surface area contributed by atoms with E-state index in [4.69, 9.17) is 9.47 Å². The maximum atomic E-state index is 12.5. The van der Waals surface area contributed by atoms with E-state index in [1.165, 1.54) is 20.4 Å². The molecule has 3 aromatic carbocycles. The second kappa shape index (κ2) is 8.67. The molecular weight excluding hydrogens is 370 g/mol. The zero-order valence-corrected chi connectivity index (χ0v) is 15.9. The number of aromatic hydroxyl groups is 1. The van der Waals surface area contributed by atoms with Gasteiger partial charge in [-0.05, 0) is 24.3 Å². The zero-order chi connectivity index (χ0) is 20.8. The predicted octanol–water partition coefficient (Wildman–Crippen LogP) is 4.02. The minimum atomic E-state index is -0.574. The third-order valence-corrected chi connectivity index (χ3v) is 4.28. The van der Waals surface area contributed by atoms with Crippen molar-refractivity contribution in [2.45, 2.75) is 0 Å². The fourth-order valence-corrected chi connectivity index (χ4v) is 2.83. The number of anilines is 2. The predicted molar refractivity (Wildman–Crippen MR) is 111 cm³/mol. The van der Waals surface area contributed by atoms with E-state index in [2.05, 4.69) is 10.6 Å². The van der Waals surface area contributed by atoms with Crippen LogP contribution in [-0.2, 0) is 4.79 Å². The monoisotopic (exact) mass is 389 g/mol. The fourth-order valence-electron chi connectivity index (χ4n) is 2.83. The summed E-state index contributed by atoms with van der Waals surface area (Å²) in [7, 11) is 3.02. The maximum absolute atomic E-state index is 12.5. The summed E-state index contributed by atoms with van der Waals surface area (Å²) >= 11 is 0. The molecule has 0 fully saturated rings. The molecule has 0 unspecified atom stereocenters. The van der Waals surface area contributed by atoms with E-state index in [-0.39, 0.29) is 11.3 Å². The number of methoxy groups -OCH3 is 2. The highest BCUT2D eigenvalue weighted by Gasteiger charge is 2.12. The number of rotatable bonds is 6. The SMILES string of the molecule is COc1ccc(NC(=O)/C(C#N)=C\Nc2cccc3c(O)cccc23)cc1OC. The molecule has 0 aliphatic heterocycles. The molecule has 7 heteroatoms. The van der Waals surface area contributed by atoms with Crippen LogP contribution in [0.4, 0.5) is 11.4 Å². The average molecular weight is 389 g/mol. The second-order valence-corrected chi connectivity index (χ2v) is 6.02. The van der Waals surface area contributed by atoms with Crippen molar-refractivity contribution in [1.29, 1.82) is 5.26 Å². The Bertz CT molecular complexity index is 1130. The van der Waals surface area contributed by atoms with E-state index in [0.717, 1.165) is 5.39 Å². The standard InChI is InChI=1S/C22H19N3O4/c1-28-20-10-9-15(11-21(20)29-2)25-22(27)14(12-23)13-24-18-7-3-6-17-16(18)5-4-8-19(17)26/h3-11,13,24,26H,1-2H3,(H,25,27)/b14-13-. The molecule has 0 heterocycles. The number of nitrogens with zero attached hydrogens (tertiary/aromatic N) is 1. The van der Waals surface area contributed by atoms with Gasteiger partial charge in [-0.1, -0.05) is 24.3 Å². The third-order valence-electron chi connectivity index (χ3n) is 4.28. The number of phenols is 1. The van der Waals surface area contributed by atoms with Crippen LogP contribution < -0.4 is 20.1 Å². The molecule has 0 spiro atoms. The number of hydrogen-bond acceptors (Lipinski definition) is 6. The highest BCUT2D eigenvalue weighted by atomic mass is 16.5. The quantitative estimate of drug-likeness (QED) is 0.435. The van der Waals surface area contributed by atoms with Gasteiger partial charge in [0.25, 0.3) is 5.91 Å². The number of fused-ring (bicyclic) bond motifs is 1. The van der Waals surface area contributed by atoms with Gasteiger partial charge in [0.05, 0.1) is 14.2 Å². The molecule has 3 N–H and O–H groups in total. The van der Waals surface area contributed by atoms with Crippen molar-refractivity contribution in [3.8, 4) is 23.3 Å². The molecule has 0 saturated carbocycles. The Morgan fingerprint density at radius 2 is 1.76 bits per heavy atom. The Morgan fingerprint density at radius 1 is 1.03 bits per heavy atom. The van der Waals surface area contributed by atoms with Crippen LogP contribution in [0.2, 0.25) is 0 Å². The average Bonchev–Trinajstić information content (AvgIpc) is 2.74. The Hall–Kier alpha value is -4.18. The number of ether oxygens (including phenoxy) is 2. The molecule has 0 aromatic heterocycles. The number of carbonyl (C=O) groups is 1. The summed E-state index contributed by atoms with van der Waals surface area (Å²) in [5.41, 5.74) is 1.01. The largest absolute Gasteiger partial charge is 0.507 e. The van der Waals surface area contributed by atoms with Crippen LogP contribution in [0.1, 0.15) is 0 Å². The highest BCUT2D eigenvalue weighted by Crippen LogP contribution is 2.31. The summed E-state index contributed by atoms with van der Waals surface area (Å²) < 4.78 is 10.4. The third kappa shape index (κ3) is 4.22. The van der Waals surface area contributed by atoms with Crippen molar-refractivity contribution in [3.05, 3.63) is 66.4 Å². The van der Waals surface area contributed by atoms with Gasteiger partial charge in [-0.25, -0.2) is 0 Å². The van der Waals surface area contributed by atoms with Gasteiger partial charge in [0.15, 0.2) is 11.5 Å². The van der Waals surface area contributed by atoms with Crippen molar-refractivity contribution in [2.75, 3.05) is 24.9 Å². The van der Waals surface area contributed by atoms with E-state index in [9.17, 15) is 15.2 Å². The van der Waals surface area contributed by atoms with Gasteiger partial charge in [0, 0.05) is 34.4 Å². The molecule has 0 atom stereocenters. The first-order chi connectivity index (χ1) is 14.1. The zero-order valence-electron chi connectivity index (χ0n) is 15.9. The minimum absolute atomic E-state index is 0.114. The van der Waals surface area contributed by atoms with Crippen LogP contribution in [0.15, 0.2) is 66.4 Å². The van der Waals surface area contributed by atoms with E-state index in [1.807, 2.05) is 12.1 Å². The van der Waals surface area contributed by atoms with Crippen LogP contribution in [0, 0.1) is 11.3 Å². The number of carbonyl (C=O) groups excluding carboxylic acids is 1. The van der Waals surface area contributed by atoms with Gasteiger partial charge in [0.2, 0.25) is 0 Å². The van der Waals surface area contributed by atoms with E-state index in [0.29, 0.717) is 28.3 Å². The van der Waals surface area contributed by atoms with Crippen LogP contribution in [-0.4, -0.2) is 25.2 Å². The van der Waals surface area contributed by atoms with Crippen molar-refractivity contribution in [1.82, 2.24) is 0 Å². The summed E-state index contributed by atoms with van der Waals surface area (Å²) in [6, 6.07) is 17.3. The second-order valence-electron chi connectivity index (χ2n) is 6.02. The van der Waals surface area contributed by atoms with Crippen LogP contribution >= 0.6 is 0 Å². The topological polar surface area (TPSA) is 104 Å². The first-order valence-electron chi connectivity index (χ1n) is 8.68. The van der Waals surface area contributed by atoms with Crippen LogP contribution in [0.5, 0.6) is 17.2 Å². The molecular formula is C22H19N3O4. The van der Waals surface area contributed by atoms with E-state index in [1.54, 1.807) is 48.5 Å². The maximum Gasteiger partial charge on any atom is 0.267 e. The van der Waals surface area contributed by atoms with Gasteiger partial charge in [-0.3, -0.25) is 4.79 Å². The summed E-state index contributed by atoms with van der Waals surface area (Å²) in [6.07, 6.45) is 1.33. The first-order valence-corrected chi connectivity index (χ1v) is 8.68. The normalized spacial score (nSPS) is 10.9. The smallest absolute Gasteiger partial charge is 0.267 e. The van der Waals surface area contributed by atoms with Gasteiger partial charge < -0.3 is 25.2 Å². The molecule has 7 nitrogen and oxygen atoms in total. The number of amides is 1. The Kier molecular flexibility index (Phi) is 5.85. The molecule has 3 aromatic rings. The lowest BCUT2D eigenvalue weighted by molar-refractivity contribution is -0.112. The molecule has 0 saturated heterocycles. The molecule has 0 radical (unpaired) electrons. The number of hydrogen-bond donors (Lipinski definition) is 3. The first kappa shape index (κ1) is 19.6. The van der Waals surface area contributed by atoms with Crippen molar-refractivity contribution >= 4 is 28.1 Å². The van der Waals surface area contributed by atoms with Crippen molar-refractivity contribution in [3.63, 3.8) is 0 Å². The van der Waals surface area contributed by atoms with Gasteiger partial charge in [0.1, 0.15) is 17.4 Å². The van der Waals surface area contributed by atoms with Crippen molar-refractivity contribution in [2.24, 2.45) is 0 Å². The summed E-state index contributed by atoms with van der Waals surface area (Å²) in [5, 5.41) is 26.4. The highest BCUT2D eigenvalue weighted by molar-refractivity contribution is 6.07. The summed E-state index contributed by atoms with van der Waals surface area (Å²) in [4.78, 5) is 12.5. The Balaban J connectivity index is 1.81. The lowest BCUT2D eigenvalue weighted by atomic mass is 10.1. The number of nitriles is 1. The summed E-state index contributed by atoms with van der Waals surface area (Å²) in [6.45, 7) is 0. The van der Waals surface area contributed by atoms with Gasteiger partial charge in [-0.2, -0.15) is 5.26 Å². The molecule has 29 heavy (non-hydrogen) atoms. The van der Waals surface area contributed by atoms with Crippen molar-refractivity contribution < 1.29 is 19.4 Å². The molecule has 0 bridgehead atoms. The minimum Gasteiger partial charge on any atom is -0.507 e. The molecule has 3 rings (SSSR count). The number of nitrogens with one attached hydrogen (secondary N) is 2. The molecule has 0 aliphatic rings. The van der Waals surface area contributed by atoms with Gasteiger partial charge >= 0.3 is 0 Å². The van der Waals surface area contributed by atoms with E-state index < -0.39 is 5.91 Å². The lowest BCUT2D eigenvalue weighted by Gasteiger charge is -2.11. The number of benzene rings is 3. The molecule has 0 aliphatic carbocycles. The Labute approximate surface area is 167 Å². The fraction of sp³-hybridized carbons (Fsp3) is 0.0909. The van der Waals surface area contributed by atoms with Gasteiger partial charge in [-0.15, -0.1) is 0 Å². The molecule has 1 amide bonds. The summed E-state index contributed by atoms with van der Waals surface area (Å²) in [5.74, 6) is 0.570. The lowest BCUT2D eigenvalue weighted by Crippen LogP contribution is -2.14. The van der Waals surface area contributed by atoms with E-state index >= 15 is 0 Å².